The Kier molecular flexibility index (Phi) is 12.0. The van der Waals surface area contributed by atoms with Crippen molar-refractivity contribution in [2.75, 3.05) is 27.2 Å². The molecule has 0 spiro atoms. The number of halogens is 1. The first-order valence-corrected chi connectivity index (χ1v) is 7.73. The molecule has 0 saturated heterocycles. The molecule has 0 aromatic heterocycles. The standard InChI is InChI=1S/C17H29N3O.HI/c1-14(2)6-5-12-19-17(18-3)20-13-11-15-7-9-16(21-4)10-8-15;/h7-10,14H,5-6,11-13H2,1-4H3,(H2,18,19,20);1H. The van der Waals surface area contributed by atoms with E-state index >= 15 is 0 Å². The lowest BCUT2D eigenvalue weighted by molar-refractivity contribution is 0.414. The zero-order valence-electron chi connectivity index (χ0n) is 14.2. The zero-order valence-corrected chi connectivity index (χ0v) is 16.5. The smallest absolute Gasteiger partial charge is 0.190 e. The van der Waals surface area contributed by atoms with Gasteiger partial charge >= 0.3 is 0 Å². The van der Waals surface area contributed by atoms with Gasteiger partial charge in [-0.05, 0) is 42.9 Å². The van der Waals surface area contributed by atoms with Crippen molar-refractivity contribution in [2.45, 2.75) is 33.1 Å². The highest BCUT2D eigenvalue weighted by molar-refractivity contribution is 14.0. The first-order chi connectivity index (χ1) is 10.2. The Bertz CT molecular complexity index is 418. The predicted molar refractivity (Wildman–Crippen MR) is 106 cm³/mol. The second-order valence-corrected chi connectivity index (χ2v) is 5.56. The summed E-state index contributed by atoms with van der Waals surface area (Å²) in [5.41, 5.74) is 1.29. The van der Waals surface area contributed by atoms with Gasteiger partial charge in [-0.1, -0.05) is 26.0 Å². The van der Waals surface area contributed by atoms with Gasteiger partial charge in [-0.15, -0.1) is 24.0 Å². The Morgan fingerprint density at radius 1 is 1.14 bits per heavy atom. The molecule has 5 heteroatoms. The van der Waals surface area contributed by atoms with E-state index in [2.05, 4.69) is 41.6 Å². The lowest BCUT2D eigenvalue weighted by Crippen LogP contribution is -2.38. The van der Waals surface area contributed by atoms with E-state index in [1.54, 1.807) is 7.11 Å². The van der Waals surface area contributed by atoms with E-state index in [9.17, 15) is 0 Å². The molecule has 1 aromatic rings. The van der Waals surface area contributed by atoms with Gasteiger partial charge in [0, 0.05) is 20.1 Å². The summed E-state index contributed by atoms with van der Waals surface area (Å²) in [5.74, 6) is 2.54. The molecule has 0 amide bonds. The maximum Gasteiger partial charge on any atom is 0.190 e. The van der Waals surface area contributed by atoms with Crippen molar-refractivity contribution in [2.24, 2.45) is 10.9 Å². The minimum absolute atomic E-state index is 0. The van der Waals surface area contributed by atoms with Crippen LogP contribution >= 0.6 is 24.0 Å². The molecule has 0 heterocycles. The van der Waals surface area contributed by atoms with Crippen molar-refractivity contribution in [3.05, 3.63) is 29.8 Å². The zero-order chi connectivity index (χ0) is 15.5. The van der Waals surface area contributed by atoms with Crippen molar-refractivity contribution in [3.8, 4) is 5.75 Å². The Morgan fingerprint density at radius 2 is 1.77 bits per heavy atom. The van der Waals surface area contributed by atoms with Gasteiger partial charge in [-0.25, -0.2) is 0 Å². The third kappa shape index (κ3) is 9.12. The fourth-order valence-corrected chi connectivity index (χ4v) is 2.06. The molecular formula is C17H30IN3O. The van der Waals surface area contributed by atoms with Gasteiger partial charge in [-0.2, -0.15) is 0 Å². The summed E-state index contributed by atoms with van der Waals surface area (Å²) in [6, 6.07) is 8.18. The molecule has 0 aliphatic heterocycles. The van der Waals surface area contributed by atoms with Crippen LogP contribution in [0.25, 0.3) is 0 Å². The van der Waals surface area contributed by atoms with Crippen LogP contribution in [0, 0.1) is 5.92 Å². The monoisotopic (exact) mass is 419 g/mol. The van der Waals surface area contributed by atoms with E-state index in [-0.39, 0.29) is 24.0 Å². The second kappa shape index (κ2) is 12.6. The Morgan fingerprint density at radius 3 is 2.32 bits per heavy atom. The van der Waals surface area contributed by atoms with Crippen molar-refractivity contribution in [1.29, 1.82) is 0 Å². The molecule has 0 unspecified atom stereocenters. The van der Waals surface area contributed by atoms with Gasteiger partial charge in [0.15, 0.2) is 5.96 Å². The third-order valence-corrected chi connectivity index (χ3v) is 3.34. The molecule has 4 nitrogen and oxygen atoms in total. The molecule has 0 aliphatic rings. The fourth-order valence-electron chi connectivity index (χ4n) is 2.06. The van der Waals surface area contributed by atoms with Crippen LogP contribution in [0.1, 0.15) is 32.3 Å². The number of hydrogen-bond acceptors (Lipinski definition) is 2. The van der Waals surface area contributed by atoms with Crippen LogP contribution in [-0.2, 0) is 6.42 Å². The van der Waals surface area contributed by atoms with E-state index in [1.165, 1.54) is 18.4 Å². The maximum absolute atomic E-state index is 5.16. The maximum atomic E-state index is 5.16. The fraction of sp³-hybridized carbons (Fsp3) is 0.588. The molecule has 1 rings (SSSR count). The average molecular weight is 419 g/mol. The number of nitrogens with one attached hydrogen (secondary N) is 2. The number of aliphatic imine (C=N–C) groups is 1. The number of benzene rings is 1. The quantitative estimate of drug-likeness (QED) is 0.294. The Hall–Kier alpha value is -0.980. The number of methoxy groups -OCH3 is 1. The first-order valence-electron chi connectivity index (χ1n) is 7.73. The van der Waals surface area contributed by atoms with Crippen LogP contribution in [0.3, 0.4) is 0 Å². The number of guanidine groups is 1. The average Bonchev–Trinajstić information content (AvgIpc) is 2.50. The van der Waals surface area contributed by atoms with Crippen molar-refractivity contribution < 1.29 is 4.74 Å². The molecule has 1 aromatic carbocycles. The third-order valence-electron chi connectivity index (χ3n) is 3.34. The Balaban J connectivity index is 0.00000441. The molecule has 0 bridgehead atoms. The highest BCUT2D eigenvalue weighted by Crippen LogP contribution is 2.11. The van der Waals surface area contributed by atoms with E-state index in [4.69, 9.17) is 4.74 Å². The summed E-state index contributed by atoms with van der Waals surface area (Å²) in [6.07, 6.45) is 3.39. The highest BCUT2D eigenvalue weighted by Gasteiger charge is 1.99. The number of hydrogen-bond donors (Lipinski definition) is 2. The van der Waals surface area contributed by atoms with Crippen LogP contribution in [0.2, 0.25) is 0 Å². The van der Waals surface area contributed by atoms with Crippen molar-refractivity contribution in [1.82, 2.24) is 10.6 Å². The molecule has 22 heavy (non-hydrogen) atoms. The number of nitrogens with zero attached hydrogens (tertiary/aromatic N) is 1. The normalized spacial score (nSPS) is 11.0. The molecule has 126 valence electrons. The van der Waals surface area contributed by atoms with Gasteiger partial charge in [0.25, 0.3) is 0 Å². The number of ether oxygens (including phenoxy) is 1. The van der Waals surface area contributed by atoms with Gasteiger partial charge in [0.2, 0.25) is 0 Å². The summed E-state index contributed by atoms with van der Waals surface area (Å²) in [5, 5.41) is 6.69. The van der Waals surface area contributed by atoms with Gasteiger partial charge in [0.05, 0.1) is 7.11 Å². The topological polar surface area (TPSA) is 45.7 Å². The predicted octanol–water partition coefficient (Wildman–Crippen LogP) is 3.46. The lowest BCUT2D eigenvalue weighted by atomic mass is 10.1. The van der Waals surface area contributed by atoms with E-state index in [1.807, 2.05) is 19.2 Å². The van der Waals surface area contributed by atoms with E-state index < -0.39 is 0 Å². The van der Waals surface area contributed by atoms with Crippen LogP contribution in [0.15, 0.2) is 29.3 Å². The van der Waals surface area contributed by atoms with Crippen LogP contribution in [0.5, 0.6) is 5.75 Å². The van der Waals surface area contributed by atoms with Crippen molar-refractivity contribution in [3.63, 3.8) is 0 Å². The van der Waals surface area contributed by atoms with Gasteiger partial charge in [0.1, 0.15) is 5.75 Å². The first kappa shape index (κ1) is 21.0. The molecular weight excluding hydrogens is 389 g/mol. The molecule has 0 radical (unpaired) electrons. The van der Waals surface area contributed by atoms with E-state index in [0.717, 1.165) is 37.1 Å². The SMILES string of the molecule is CN=C(NCCCC(C)C)NCCc1ccc(OC)cc1.I. The number of rotatable bonds is 8. The van der Waals surface area contributed by atoms with Crippen LogP contribution in [-0.4, -0.2) is 33.2 Å². The van der Waals surface area contributed by atoms with Crippen molar-refractivity contribution >= 4 is 29.9 Å². The molecule has 0 atom stereocenters. The summed E-state index contributed by atoms with van der Waals surface area (Å²) < 4.78 is 5.16. The minimum Gasteiger partial charge on any atom is -0.497 e. The van der Waals surface area contributed by atoms with Crippen LogP contribution in [0.4, 0.5) is 0 Å². The lowest BCUT2D eigenvalue weighted by Gasteiger charge is -2.12. The van der Waals surface area contributed by atoms with Crippen LogP contribution < -0.4 is 15.4 Å². The highest BCUT2D eigenvalue weighted by atomic mass is 127. The Labute approximate surface area is 152 Å². The summed E-state index contributed by atoms with van der Waals surface area (Å²) in [7, 11) is 3.50. The summed E-state index contributed by atoms with van der Waals surface area (Å²) >= 11 is 0. The molecule has 0 fully saturated rings. The second-order valence-electron chi connectivity index (χ2n) is 5.56. The van der Waals surface area contributed by atoms with Gasteiger partial charge < -0.3 is 15.4 Å². The van der Waals surface area contributed by atoms with E-state index in [0.29, 0.717) is 0 Å². The summed E-state index contributed by atoms with van der Waals surface area (Å²) in [4.78, 5) is 4.24. The van der Waals surface area contributed by atoms with Gasteiger partial charge in [-0.3, -0.25) is 4.99 Å². The summed E-state index contributed by atoms with van der Waals surface area (Å²) in [6.45, 7) is 6.35. The largest absolute Gasteiger partial charge is 0.497 e. The molecule has 2 N–H and O–H groups in total. The molecule has 0 aliphatic carbocycles. The minimum atomic E-state index is 0. The molecule has 0 saturated carbocycles.